The molecule has 0 saturated carbocycles. The summed E-state index contributed by atoms with van der Waals surface area (Å²) >= 11 is 0. The van der Waals surface area contributed by atoms with Gasteiger partial charge < -0.3 is 10.1 Å². The van der Waals surface area contributed by atoms with Crippen molar-refractivity contribution in [2.24, 2.45) is 5.41 Å². The molecule has 1 N–H and O–H groups in total. The number of carbonyl (C=O) groups excluding carboxylic acids is 1. The van der Waals surface area contributed by atoms with E-state index in [-0.39, 0.29) is 11.9 Å². The average Bonchev–Trinajstić information content (AvgIpc) is 2.80. The normalized spacial score (nSPS) is 15.1. The smallest absolute Gasteiger partial charge is 0.225 e. The quantitative estimate of drug-likeness (QED) is 0.541. The summed E-state index contributed by atoms with van der Waals surface area (Å²) in [6.45, 7) is 11.6. The molecule has 1 amide bonds. The van der Waals surface area contributed by atoms with Crippen molar-refractivity contribution in [3.05, 3.63) is 64.7 Å². The van der Waals surface area contributed by atoms with Crippen LogP contribution in [-0.4, -0.2) is 36.5 Å². The first-order chi connectivity index (χ1) is 15.8. The molecule has 0 atom stereocenters. The van der Waals surface area contributed by atoms with Crippen molar-refractivity contribution < 1.29 is 9.53 Å². The van der Waals surface area contributed by atoms with Gasteiger partial charge >= 0.3 is 0 Å². The van der Waals surface area contributed by atoms with Crippen molar-refractivity contribution in [3.63, 3.8) is 0 Å². The number of nitrogens with zero attached hydrogens (tertiary/aromatic N) is 2. The van der Waals surface area contributed by atoms with Gasteiger partial charge in [0.2, 0.25) is 5.91 Å². The number of ether oxygens (including phenoxy) is 1. The van der Waals surface area contributed by atoms with Crippen LogP contribution >= 0.6 is 0 Å². The number of nitrogens with one attached hydrogen (secondary N) is 1. The Kier molecular flexibility index (Phi) is 8.52. The lowest BCUT2D eigenvalue weighted by atomic mass is 9.86. The van der Waals surface area contributed by atoms with Crippen LogP contribution in [0.1, 0.15) is 61.8 Å². The van der Waals surface area contributed by atoms with Gasteiger partial charge in [0.1, 0.15) is 5.75 Å². The number of rotatable bonds is 9. The highest BCUT2D eigenvalue weighted by atomic mass is 16.5. The SMILES string of the molecule is Cc1ccc(C)c(OCCCC(C)(C)C(=O)NC2CCN(Cc3ccc(C#N)cc3)CC2)c1. The number of aryl methyl sites for hydroxylation is 2. The number of carbonyl (C=O) groups is 1. The maximum Gasteiger partial charge on any atom is 0.225 e. The highest BCUT2D eigenvalue weighted by molar-refractivity contribution is 5.82. The van der Waals surface area contributed by atoms with E-state index in [1.807, 2.05) is 38.1 Å². The van der Waals surface area contributed by atoms with E-state index < -0.39 is 5.41 Å². The number of likely N-dealkylation sites (tertiary alicyclic amines) is 1. The van der Waals surface area contributed by atoms with Crippen LogP contribution in [0.15, 0.2) is 42.5 Å². The van der Waals surface area contributed by atoms with Crippen LogP contribution in [0.2, 0.25) is 0 Å². The Morgan fingerprint density at radius 2 is 1.85 bits per heavy atom. The Morgan fingerprint density at radius 1 is 1.15 bits per heavy atom. The van der Waals surface area contributed by atoms with Crippen molar-refractivity contribution in [2.45, 2.75) is 66.0 Å². The van der Waals surface area contributed by atoms with E-state index >= 15 is 0 Å². The molecule has 1 saturated heterocycles. The molecule has 3 rings (SSSR count). The van der Waals surface area contributed by atoms with E-state index in [1.165, 1.54) is 11.1 Å². The Hall–Kier alpha value is -2.84. The van der Waals surface area contributed by atoms with E-state index in [9.17, 15) is 4.79 Å². The molecule has 33 heavy (non-hydrogen) atoms. The molecule has 0 bridgehead atoms. The van der Waals surface area contributed by atoms with Gasteiger partial charge in [-0.05, 0) is 74.4 Å². The summed E-state index contributed by atoms with van der Waals surface area (Å²) in [6.07, 6.45) is 3.57. The van der Waals surface area contributed by atoms with Gasteiger partial charge in [-0.1, -0.05) is 38.1 Å². The molecule has 2 aromatic rings. The average molecular weight is 448 g/mol. The first-order valence-electron chi connectivity index (χ1n) is 12.0. The number of amides is 1. The number of piperidine rings is 1. The first-order valence-corrected chi connectivity index (χ1v) is 12.0. The van der Waals surface area contributed by atoms with Gasteiger partial charge in [-0.25, -0.2) is 0 Å². The summed E-state index contributed by atoms with van der Waals surface area (Å²) < 4.78 is 5.96. The van der Waals surface area contributed by atoms with Gasteiger partial charge in [-0.2, -0.15) is 5.26 Å². The van der Waals surface area contributed by atoms with Crippen LogP contribution in [-0.2, 0) is 11.3 Å². The highest BCUT2D eigenvalue weighted by Gasteiger charge is 2.30. The van der Waals surface area contributed by atoms with Crippen molar-refractivity contribution >= 4 is 5.91 Å². The van der Waals surface area contributed by atoms with Crippen LogP contribution in [0.25, 0.3) is 0 Å². The Morgan fingerprint density at radius 3 is 2.52 bits per heavy atom. The van der Waals surface area contributed by atoms with Gasteiger partial charge in [0, 0.05) is 31.1 Å². The number of hydrogen-bond acceptors (Lipinski definition) is 4. The number of hydrogen-bond donors (Lipinski definition) is 1. The van der Waals surface area contributed by atoms with E-state index in [4.69, 9.17) is 10.00 Å². The summed E-state index contributed by atoms with van der Waals surface area (Å²) in [5.74, 6) is 1.07. The molecule has 176 valence electrons. The second kappa shape index (κ2) is 11.3. The van der Waals surface area contributed by atoms with E-state index in [2.05, 4.69) is 48.3 Å². The molecule has 5 nitrogen and oxygen atoms in total. The molecule has 0 unspecified atom stereocenters. The minimum absolute atomic E-state index is 0.139. The molecule has 0 aliphatic carbocycles. The van der Waals surface area contributed by atoms with E-state index in [1.54, 1.807) is 0 Å². The summed E-state index contributed by atoms with van der Waals surface area (Å²) in [4.78, 5) is 15.4. The van der Waals surface area contributed by atoms with Gasteiger partial charge in [0.05, 0.1) is 18.2 Å². The zero-order valence-electron chi connectivity index (χ0n) is 20.5. The molecular formula is C28H37N3O2. The van der Waals surface area contributed by atoms with E-state index in [0.717, 1.165) is 56.6 Å². The maximum absolute atomic E-state index is 12.9. The van der Waals surface area contributed by atoms with Crippen molar-refractivity contribution in [1.29, 1.82) is 5.26 Å². The third-order valence-electron chi connectivity index (χ3n) is 6.57. The fourth-order valence-corrected chi connectivity index (χ4v) is 4.23. The number of nitriles is 1. The molecule has 0 spiro atoms. The van der Waals surface area contributed by atoms with Crippen molar-refractivity contribution in [2.75, 3.05) is 19.7 Å². The lowest BCUT2D eigenvalue weighted by Crippen LogP contribution is -2.48. The minimum atomic E-state index is -0.412. The summed E-state index contributed by atoms with van der Waals surface area (Å²) in [5.41, 5.74) is 3.84. The maximum atomic E-state index is 12.9. The molecule has 2 aromatic carbocycles. The molecule has 0 radical (unpaired) electrons. The molecule has 0 aromatic heterocycles. The second-order valence-electron chi connectivity index (χ2n) is 9.94. The lowest BCUT2D eigenvalue weighted by Gasteiger charge is -2.34. The third kappa shape index (κ3) is 7.33. The Bertz CT molecular complexity index is 968. The Balaban J connectivity index is 1.38. The molecule has 1 aliphatic heterocycles. The van der Waals surface area contributed by atoms with Gasteiger partial charge in [-0.15, -0.1) is 0 Å². The molecule has 1 heterocycles. The largest absolute Gasteiger partial charge is 0.493 e. The highest BCUT2D eigenvalue weighted by Crippen LogP contribution is 2.25. The zero-order chi connectivity index (χ0) is 23.8. The lowest BCUT2D eigenvalue weighted by molar-refractivity contribution is -0.130. The molecule has 1 fully saturated rings. The second-order valence-corrected chi connectivity index (χ2v) is 9.94. The number of benzene rings is 2. The van der Waals surface area contributed by atoms with Crippen LogP contribution in [0, 0.1) is 30.6 Å². The fourth-order valence-electron chi connectivity index (χ4n) is 4.23. The van der Waals surface area contributed by atoms with Crippen molar-refractivity contribution in [1.82, 2.24) is 10.2 Å². The summed E-state index contributed by atoms with van der Waals surface area (Å²) in [6, 6.07) is 16.4. The minimum Gasteiger partial charge on any atom is -0.493 e. The van der Waals surface area contributed by atoms with Gasteiger partial charge in [0.25, 0.3) is 0 Å². The van der Waals surface area contributed by atoms with Crippen LogP contribution in [0.4, 0.5) is 0 Å². The standard InChI is InChI=1S/C28H37N3O2/c1-21-6-7-22(2)26(18-21)33-17-5-14-28(3,4)27(32)30-25-12-15-31(16-13-25)20-24-10-8-23(19-29)9-11-24/h6-11,18,25H,5,12-17,20H2,1-4H3,(H,30,32). The molecule has 5 heteroatoms. The van der Waals surface area contributed by atoms with Crippen LogP contribution < -0.4 is 10.1 Å². The monoisotopic (exact) mass is 447 g/mol. The van der Waals surface area contributed by atoms with Crippen LogP contribution in [0.5, 0.6) is 5.75 Å². The topological polar surface area (TPSA) is 65.4 Å². The Labute approximate surface area is 198 Å². The zero-order valence-corrected chi connectivity index (χ0v) is 20.5. The molecule has 1 aliphatic rings. The van der Waals surface area contributed by atoms with Crippen molar-refractivity contribution in [3.8, 4) is 11.8 Å². The van der Waals surface area contributed by atoms with Crippen LogP contribution in [0.3, 0.4) is 0 Å². The van der Waals surface area contributed by atoms with E-state index in [0.29, 0.717) is 12.2 Å². The molecular weight excluding hydrogens is 410 g/mol. The first kappa shape index (κ1) is 24.8. The predicted octanol–water partition coefficient (Wildman–Crippen LogP) is 5.14. The predicted molar refractivity (Wildman–Crippen MR) is 132 cm³/mol. The van der Waals surface area contributed by atoms with Gasteiger partial charge in [0.15, 0.2) is 0 Å². The van der Waals surface area contributed by atoms with Gasteiger partial charge in [-0.3, -0.25) is 9.69 Å². The summed E-state index contributed by atoms with van der Waals surface area (Å²) in [7, 11) is 0. The third-order valence-corrected chi connectivity index (χ3v) is 6.57. The fraction of sp³-hybridized carbons (Fsp3) is 0.500. The summed E-state index contributed by atoms with van der Waals surface area (Å²) in [5, 5.41) is 12.2.